The number of hydrogen-bond acceptors (Lipinski definition) is 2. The molecular weight excluding hydrogens is 267 g/mol. The van der Waals surface area contributed by atoms with E-state index in [-0.39, 0.29) is 11.3 Å². The summed E-state index contributed by atoms with van der Waals surface area (Å²) >= 11 is 5.66. The van der Waals surface area contributed by atoms with Gasteiger partial charge >= 0.3 is 6.18 Å². The molecule has 0 radical (unpaired) electrons. The van der Waals surface area contributed by atoms with Crippen molar-refractivity contribution in [3.63, 3.8) is 0 Å². The van der Waals surface area contributed by atoms with E-state index < -0.39 is 11.7 Å². The number of alkyl halides is 3. The Kier molecular flexibility index (Phi) is 3.01. The van der Waals surface area contributed by atoms with Crippen LogP contribution >= 0.6 is 11.6 Å². The van der Waals surface area contributed by atoms with Crippen LogP contribution in [-0.4, -0.2) is 9.78 Å². The Hall–Kier alpha value is -2.00. The number of nitrogens with zero attached hydrogens (tertiary/aromatic N) is 3. The maximum atomic E-state index is 12.5. The summed E-state index contributed by atoms with van der Waals surface area (Å²) in [4.78, 5) is 0. The van der Waals surface area contributed by atoms with Gasteiger partial charge in [0.1, 0.15) is 6.07 Å². The molecule has 0 bridgehead atoms. The molecule has 0 spiro atoms. The Balaban J connectivity index is 2.55. The van der Waals surface area contributed by atoms with E-state index in [1.807, 2.05) is 0 Å². The zero-order chi connectivity index (χ0) is 13.3. The summed E-state index contributed by atoms with van der Waals surface area (Å²) in [6, 6.07) is 4.57. The molecule has 0 aliphatic carbocycles. The van der Waals surface area contributed by atoms with E-state index in [1.54, 1.807) is 6.07 Å². The fraction of sp³-hybridized carbons (Fsp3) is 0.0909. The van der Waals surface area contributed by atoms with Crippen LogP contribution in [0, 0.1) is 11.3 Å². The molecular formula is C11H5ClF3N3. The van der Waals surface area contributed by atoms with Crippen LogP contribution in [0.3, 0.4) is 0 Å². The second-order valence-corrected chi connectivity index (χ2v) is 3.88. The quantitative estimate of drug-likeness (QED) is 0.797. The lowest BCUT2D eigenvalue weighted by Crippen LogP contribution is -2.07. The van der Waals surface area contributed by atoms with Crippen molar-refractivity contribution >= 4 is 11.6 Å². The van der Waals surface area contributed by atoms with Gasteiger partial charge in [-0.2, -0.15) is 23.5 Å². The lowest BCUT2D eigenvalue weighted by Gasteiger charge is -2.09. The van der Waals surface area contributed by atoms with Gasteiger partial charge in [-0.1, -0.05) is 11.6 Å². The number of aromatic nitrogens is 2. The van der Waals surface area contributed by atoms with Gasteiger partial charge in [0.25, 0.3) is 0 Å². The van der Waals surface area contributed by atoms with Crippen LogP contribution in [0.4, 0.5) is 13.2 Å². The first-order valence-electron chi connectivity index (χ1n) is 4.73. The highest BCUT2D eigenvalue weighted by molar-refractivity contribution is 6.30. The van der Waals surface area contributed by atoms with Crippen LogP contribution in [0.25, 0.3) is 5.69 Å². The van der Waals surface area contributed by atoms with Crippen LogP contribution in [0.2, 0.25) is 5.02 Å². The number of rotatable bonds is 1. The van der Waals surface area contributed by atoms with Crippen LogP contribution in [0.15, 0.2) is 30.6 Å². The van der Waals surface area contributed by atoms with Crippen LogP contribution in [0.5, 0.6) is 0 Å². The van der Waals surface area contributed by atoms with E-state index in [1.165, 1.54) is 23.1 Å². The lowest BCUT2D eigenvalue weighted by atomic mass is 10.1. The largest absolute Gasteiger partial charge is 0.416 e. The van der Waals surface area contributed by atoms with E-state index in [4.69, 9.17) is 16.9 Å². The smallest absolute Gasteiger partial charge is 0.238 e. The summed E-state index contributed by atoms with van der Waals surface area (Å²) < 4.78 is 38.7. The van der Waals surface area contributed by atoms with Gasteiger partial charge in [-0.05, 0) is 18.2 Å². The molecule has 2 rings (SSSR count). The molecule has 1 heterocycles. The van der Waals surface area contributed by atoms with Gasteiger partial charge in [-0.25, -0.2) is 4.68 Å². The molecule has 0 saturated carbocycles. The molecule has 1 aromatic carbocycles. The molecule has 92 valence electrons. The third-order valence-corrected chi connectivity index (χ3v) is 2.44. The van der Waals surface area contributed by atoms with Crippen molar-refractivity contribution in [3.05, 3.63) is 46.7 Å². The summed E-state index contributed by atoms with van der Waals surface area (Å²) in [5, 5.41) is 13.1. The second kappa shape index (κ2) is 4.35. The molecule has 3 nitrogen and oxygen atoms in total. The van der Waals surface area contributed by atoms with Gasteiger partial charge in [0.2, 0.25) is 0 Å². The summed E-state index contributed by atoms with van der Waals surface area (Å²) in [7, 11) is 0. The molecule has 0 atom stereocenters. The Morgan fingerprint density at radius 1 is 1.33 bits per heavy atom. The molecule has 0 N–H and O–H groups in total. The average Bonchev–Trinajstić information content (AvgIpc) is 2.73. The molecule has 2 aromatic rings. The molecule has 18 heavy (non-hydrogen) atoms. The number of benzene rings is 1. The minimum absolute atomic E-state index is 0.121. The van der Waals surface area contributed by atoms with Crippen molar-refractivity contribution < 1.29 is 13.2 Å². The molecule has 0 unspecified atom stereocenters. The lowest BCUT2D eigenvalue weighted by molar-refractivity contribution is -0.137. The first kappa shape index (κ1) is 12.5. The minimum Gasteiger partial charge on any atom is -0.238 e. The molecule has 0 saturated heterocycles. The average molecular weight is 272 g/mol. The maximum Gasteiger partial charge on any atom is 0.416 e. The molecule has 0 fully saturated rings. The topological polar surface area (TPSA) is 41.6 Å². The zero-order valence-electron chi connectivity index (χ0n) is 8.74. The molecule has 0 amide bonds. The van der Waals surface area contributed by atoms with Gasteiger partial charge in [0, 0.05) is 6.20 Å². The van der Waals surface area contributed by atoms with E-state index in [0.29, 0.717) is 5.02 Å². The molecule has 0 aliphatic rings. The summed E-state index contributed by atoms with van der Waals surface area (Å²) in [6.45, 7) is 0. The Morgan fingerprint density at radius 2 is 2.06 bits per heavy atom. The van der Waals surface area contributed by atoms with Crippen molar-refractivity contribution in [2.45, 2.75) is 6.18 Å². The summed E-state index contributed by atoms with van der Waals surface area (Å²) in [5.41, 5.74) is -0.747. The minimum atomic E-state index is -4.48. The van der Waals surface area contributed by atoms with Gasteiger partial charge in [0.15, 0.2) is 0 Å². The molecule has 0 aliphatic heterocycles. The summed E-state index contributed by atoms with van der Waals surface area (Å²) in [5.74, 6) is 0. The first-order chi connectivity index (χ1) is 8.41. The molecule has 7 heteroatoms. The van der Waals surface area contributed by atoms with Crippen molar-refractivity contribution in [2.24, 2.45) is 0 Å². The van der Waals surface area contributed by atoms with E-state index in [0.717, 1.165) is 12.1 Å². The van der Waals surface area contributed by atoms with Crippen molar-refractivity contribution in [3.8, 4) is 11.8 Å². The highest BCUT2D eigenvalue weighted by atomic mass is 35.5. The predicted octanol–water partition coefficient (Wildman–Crippen LogP) is 3.42. The highest BCUT2D eigenvalue weighted by Crippen LogP contribution is 2.31. The van der Waals surface area contributed by atoms with E-state index in [2.05, 4.69) is 5.10 Å². The first-order valence-corrected chi connectivity index (χ1v) is 5.11. The maximum absolute atomic E-state index is 12.5. The monoisotopic (exact) mass is 271 g/mol. The number of nitriles is 1. The van der Waals surface area contributed by atoms with Gasteiger partial charge < -0.3 is 0 Å². The van der Waals surface area contributed by atoms with Gasteiger partial charge in [-0.15, -0.1) is 0 Å². The summed E-state index contributed by atoms with van der Waals surface area (Å²) in [6.07, 6.45) is -1.74. The van der Waals surface area contributed by atoms with Crippen molar-refractivity contribution in [1.29, 1.82) is 5.26 Å². The third kappa shape index (κ3) is 2.31. The van der Waals surface area contributed by atoms with Crippen LogP contribution in [-0.2, 0) is 6.18 Å². The van der Waals surface area contributed by atoms with E-state index in [9.17, 15) is 13.2 Å². The van der Waals surface area contributed by atoms with Crippen molar-refractivity contribution in [2.75, 3.05) is 0 Å². The SMILES string of the molecule is N#Cc1cc(C(F)(F)F)ccc1-n1cc(Cl)cn1. The fourth-order valence-corrected chi connectivity index (χ4v) is 1.57. The number of hydrogen-bond donors (Lipinski definition) is 0. The Morgan fingerprint density at radius 3 is 2.56 bits per heavy atom. The van der Waals surface area contributed by atoms with Crippen LogP contribution in [0.1, 0.15) is 11.1 Å². The second-order valence-electron chi connectivity index (χ2n) is 3.44. The predicted molar refractivity (Wildman–Crippen MR) is 58.3 cm³/mol. The third-order valence-electron chi connectivity index (χ3n) is 2.24. The molecule has 1 aromatic heterocycles. The normalized spacial score (nSPS) is 11.3. The zero-order valence-corrected chi connectivity index (χ0v) is 9.50. The Labute approximate surface area is 105 Å². The Bertz CT molecular complexity index is 625. The van der Waals surface area contributed by atoms with E-state index >= 15 is 0 Å². The van der Waals surface area contributed by atoms with Gasteiger partial charge in [0.05, 0.1) is 28.0 Å². The van der Waals surface area contributed by atoms with Crippen molar-refractivity contribution in [1.82, 2.24) is 9.78 Å². The standard InChI is InChI=1S/C11H5ClF3N3/c12-9-5-17-18(6-9)10-2-1-8(11(13,14)15)3-7(10)4-16/h1-3,5-6H. The fourth-order valence-electron chi connectivity index (χ4n) is 1.43. The van der Waals surface area contributed by atoms with Gasteiger partial charge in [-0.3, -0.25) is 0 Å². The van der Waals surface area contributed by atoms with Crippen LogP contribution < -0.4 is 0 Å². The number of halogens is 4. The highest BCUT2D eigenvalue weighted by Gasteiger charge is 2.31.